The number of carboxylic acid groups (broad SMARTS) is 1. The molecule has 1 heterocycles. The van der Waals surface area contributed by atoms with E-state index in [4.69, 9.17) is 5.11 Å². The van der Waals surface area contributed by atoms with Gasteiger partial charge in [-0.15, -0.1) is 0 Å². The van der Waals surface area contributed by atoms with E-state index in [1.54, 1.807) is 6.07 Å². The molecule has 4 nitrogen and oxygen atoms in total. The van der Waals surface area contributed by atoms with Crippen molar-refractivity contribution in [1.29, 1.82) is 0 Å². The molecule has 0 saturated carbocycles. The highest BCUT2D eigenvalue weighted by Gasteiger charge is 2.00. The largest absolute Gasteiger partial charge is 0.478 e. The first-order chi connectivity index (χ1) is 8.06. The number of nitrogens with one attached hydrogen (secondary N) is 1. The number of hydrogen-bond donors (Lipinski definition) is 2. The van der Waals surface area contributed by atoms with Gasteiger partial charge in [0.15, 0.2) is 0 Å². The summed E-state index contributed by atoms with van der Waals surface area (Å²) in [6.07, 6.45) is 2.25. The van der Waals surface area contributed by atoms with Gasteiger partial charge in [0.05, 0.1) is 0 Å². The summed E-state index contributed by atoms with van der Waals surface area (Å²) in [5.41, 5.74) is 1.87. The molecule has 0 amide bonds. The second kappa shape index (κ2) is 4.25. The monoisotopic (exact) mass is 229 g/mol. The van der Waals surface area contributed by atoms with Crippen LogP contribution in [-0.2, 0) is 4.79 Å². The van der Waals surface area contributed by atoms with Crippen LogP contribution in [0.4, 0.5) is 0 Å². The number of rotatable bonds is 2. The van der Waals surface area contributed by atoms with Crippen LogP contribution in [-0.4, -0.2) is 16.1 Å². The van der Waals surface area contributed by atoms with Gasteiger partial charge in [0.1, 0.15) is 0 Å². The van der Waals surface area contributed by atoms with Gasteiger partial charge in [-0.2, -0.15) is 0 Å². The van der Waals surface area contributed by atoms with E-state index in [-0.39, 0.29) is 5.56 Å². The van der Waals surface area contributed by atoms with Crippen LogP contribution in [0.15, 0.2) is 35.1 Å². The Kier molecular flexibility index (Phi) is 2.78. The molecule has 0 aliphatic carbocycles. The van der Waals surface area contributed by atoms with E-state index in [0.29, 0.717) is 5.56 Å². The molecule has 1 aromatic carbocycles. The fraction of sp³-hybridized carbons (Fsp3) is 0.0769. The molecule has 0 aliphatic rings. The van der Waals surface area contributed by atoms with E-state index >= 15 is 0 Å². The van der Waals surface area contributed by atoms with E-state index in [1.165, 1.54) is 6.08 Å². The minimum Gasteiger partial charge on any atom is -0.478 e. The van der Waals surface area contributed by atoms with Gasteiger partial charge in [-0.05, 0) is 36.6 Å². The lowest BCUT2D eigenvalue weighted by Gasteiger charge is -2.00. The summed E-state index contributed by atoms with van der Waals surface area (Å²) in [6, 6.07) is 7.35. The first-order valence-corrected chi connectivity index (χ1v) is 5.11. The van der Waals surface area contributed by atoms with Crippen LogP contribution in [0.5, 0.6) is 0 Å². The molecule has 4 heteroatoms. The van der Waals surface area contributed by atoms with Crippen molar-refractivity contribution in [1.82, 2.24) is 4.98 Å². The lowest BCUT2D eigenvalue weighted by Crippen LogP contribution is -2.09. The lowest BCUT2D eigenvalue weighted by molar-refractivity contribution is -0.131. The van der Waals surface area contributed by atoms with Crippen molar-refractivity contribution in [3.8, 4) is 0 Å². The van der Waals surface area contributed by atoms with Crippen LogP contribution in [0.25, 0.3) is 17.0 Å². The highest BCUT2D eigenvalue weighted by atomic mass is 16.4. The zero-order chi connectivity index (χ0) is 12.4. The Morgan fingerprint density at radius 3 is 2.82 bits per heavy atom. The number of fused-ring (bicyclic) bond motifs is 1. The van der Waals surface area contributed by atoms with Crippen LogP contribution in [0.1, 0.15) is 11.1 Å². The SMILES string of the molecule is Cc1ccc2[nH]c(=O)c(C=CC(=O)O)cc2c1. The number of aryl methyl sites for hydroxylation is 1. The van der Waals surface area contributed by atoms with Crippen molar-refractivity contribution < 1.29 is 9.90 Å². The van der Waals surface area contributed by atoms with Crippen LogP contribution < -0.4 is 5.56 Å². The summed E-state index contributed by atoms with van der Waals surface area (Å²) in [5.74, 6) is -1.08. The molecule has 0 fully saturated rings. The Bertz CT molecular complexity index is 668. The van der Waals surface area contributed by atoms with E-state index in [9.17, 15) is 9.59 Å². The van der Waals surface area contributed by atoms with E-state index in [0.717, 1.165) is 22.5 Å². The third kappa shape index (κ3) is 2.42. The summed E-state index contributed by atoms with van der Waals surface area (Å²) in [5, 5.41) is 9.41. The maximum absolute atomic E-state index is 11.6. The Labute approximate surface area is 97.2 Å². The Balaban J connectivity index is 2.61. The van der Waals surface area contributed by atoms with Gasteiger partial charge in [-0.3, -0.25) is 4.79 Å². The highest BCUT2D eigenvalue weighted by Crippen LogP contribution is 2.13. The average Bonchev–Trinajstić information content (AvgIpc) is 2.26. The molecular formula is C13H11NO3. The summed E-state index contributed by atoms with van der Waals surface area (Å²) in [4.78, 5) is 24.7. The van der Waals surface area contributed by atoms with Crippen LogP contribution in [0.3, 0.4) is 0 Å². The van der Waals surface area contributed by atoms with Crippen molar-refractivity contribution in [2.75, 3.05) is 0 Å². The third-order valence-corrected chi connectivity index (χ3v) is 2.43. The molecular weight excluding hydrogens is 218 g/mol. The minimum absolute atomic E-state index is 0.293. The van der Waals surface area contributed by atoms with Crippen molar-refractivity contribution in [2.24, 2.45) is 0 Å². The van der Waals surface area contributed by atoms with Gasteiger partial charge in [-0.25, -0.2) is 4.79 Å². The van der Waals surface area contributed by atoms with Gasteiger partial charge in [0.2, 0.25) is 0 Å². The smallest absolute Gasteiger partial charge is 0.328 e. The molecule has 1 aromatic heterocycles. The Morgan fingerprint density at radius 2 is 2.12 bits per heavy atom. The molecule has 0 aliphatic heterocycles. The molecule has 0 radical (unpaired) electrons. The van der Waals surface area contributed by atoms with Crippen molar-refractivity contribution in [3.05, 3.63) is 51.8 Å². The molecule has 0 atom stereocenters. The Morgan fingerprint density at radius 1 is 1.35 bits per heavy atom. The molecule has 2 N–H and O–H groups in total. The van der Waals surface area contributed by atoms with Gasteiger partial charge >= 0.3 is 5.97 Å². The van der Waals surface area contributed by atoms with E-state index in [1.807, 2.05) is 25.1 Å². The van der Waals surface area contributed by atoms with Crippen molar-refractivity contribution in [3.63, 3.8) is 0 Å². The number of pyridine rings is 1. The number of carbonyl (C=O) groups is 1. The molecule has 2 aromatic rings. The molecule has 0 saturated heterocycles. The fourth-order valence-corrected chi connectivity index (χ4v) is 1.63. The second-order valence-corrected chi connectivity index (χ2v) is 3.82. The molecule has 0 spiro atoms. The fourth-order valence-electron chi connectivity index (χ4n) is 1.63. The maximum Gasteiger partial charge on any atom is 0.328 e. The lowest BCUT2D eigenvalue weighted by atomic mass is 10.1. The van der Waals surface area contributed by atoms with Gasteiger partial charge in [0, 0.05) is 17.2 Å². The average molecular weight is 229 g/mol. The maximum atomic E-state index is 11.6. The van der Waals surface area contributed by atoms with Crippen molar-refractivity contribution >= 4 is 22.9 Å². The van der Waals surface area contributed by atoms with Gasteiger partial charge in [0.25, 0.3) is 5.56 Å². The van der Waals surface area contributed by atoms with Crippen molar-refractivity contribution in [2.45, 2.75) is 6.92 Å². The number of H-pyrrole nitrogens is 1. The second-order valence-electron chi connectivity index (χ2n) is 3.82. The summed E-state index contributed by atoms with van der Waals surface area (Å²) in [7, 11) is 0. The molecule has 86 valence electrons. The van der Waals surface area contributed by atoms with E-state index in [2.05, 4.69) is 4.98 Å². The number of hydrogen-bond acceptors (Lipinski definition) is 2. The van der Waals surface area contributed by atoms with Crippen LogP contribution in [0, 0.1) is 6.92 Å². The highest BCUT2D eigenvalue weighted by molar-refractivity contribution is 5.87. The quantitative estimate of drug-likeness (QED) is 0.773. The van der Waals surface area contributed by atoms with Gasteiger partial charge < -0.3 is 10.1 Å². The number of aromatic nitrogens is 1. The number of aromatic amines is 1. The summed E-state index contributed by atoms with van der Waals surface area (Å²) >= 11 is 0. The third-order valence-electron chi connectivity index (χ3n) is 2.43. The van der Waals surface area contributed by atoms with E-state index < -0.39 is 5.97 Å². The number of benzene rings is 1. The van der Waals surface area contributed by atoms with Crippen LogP contribution in [0.2, 0.25) is 0 Å². The first kappa shape index (κ1) is 11.1. The normalized spacial score (nSPS) is 11.1. The zero-order valence-electron chi connectivity index (χ0n) is 9.23. The standard InChI is InChI=1S/C13H11NO3/c1-8-2-4-11-10(6-8)7-9(13(17)14-11)3-5-12(15)16/h2-7H,1H3,(H,14,17)(H,15,16). The van der Waals surface area contributed by atoms with Crippen LogP contribution >= 0.6 is 0 Å². The predicted molar refractivity (Wildman–Crippen MR) is 66.0 cm³/mol. The predicted octanol–water partition coefficient (Wildman–Crippen LogP) is 1.93. The summed E-state index contributed by atoms with van der Waals surface area (Å²) < 4.78 is 0. The molecule has 2 rings (SSSR count). The molecule has 17 heavy (non-hydrogen) atoms. The number of aliphatic carboxylic acids is 1. The summed E-state index contributed by atoms with van der Waals surface area (Å²) in [6.45, 7) is 1.96. The number of carboxylic acids is 1. The molecule has 0 unspecified atom stereocenters. The zero-order valence-corrected chi connectivity index (χ0v) is 9.23. The topological polar surface area (TPSA) is 70.2 Å². The molecule has 0 bridgehead atoms. The first-order valence-electron chi connectivity index (χ1n) is 5.11. The minimum atomic E-state index is -1.08. The van der Waals surface area contributed by atoms with Gasteiger partial charge in [-0.1, -0.05) is 11.6 Å². The Hall–Kier alpha value is -2.36.